The summed E-state index contributed by atoms with van der Waals surface area (Å²) in [6, 6.07) is 14.6. The topological polar surface area (TPSA) is 35.8 Å². The first-order valence-corrected chi connectivity index (χ1v) is 7.07. The van der Waals surface area contributed by atoms with Gasteiger partial charge in [-0.3, -0.25) is 0 Å². The predicted molar refractivity (Wildman–Crippen MR) is 80.5 cm³/mol. The molecule has 20 heavy (non-hydrogen) atoms. The number of nitrogens with one attached hydrogen (secondary N) is 1. The first-order chi connectivity index (χ1) is 9.61. The largest absolute Gasteiger partial charge is 0.306 e. The third kappa shape index (κ3) is 3.44. The molecule has 0 bridgehead atoms. The zero-order chi connectivity index (χ0) is 14.5. The van der Waals surface area contributed by atoms with Crippen molar-refractivity contribution in [3.63, 3.8) is 0 Å². The van der Waals surface area contributed by atoms with E-state index in [0.29, 0.717) is 6.54 Å². The van der Waals surface area contributed by atoms with Gasteiger partial charge in [0.05, 0.1) is 5.56 Å². The molecule has 0 aliphatic rings. The van der Waals surface area contributed by atoms with Crippen LogP contribution in [0.15, 0.2) is 46.9 Å². The van der Waals surface area contributed by atoms with Gasteiger partial charge in [-0.15, -0.1) is 0 Å². The molecule has 0 aliphatic heterocycles. The van der Waals surface area contributed by atoms with E-state index in [1.807, 2.05) is 30.3 Å². The second kappa shape index (κ2) is 6.65. The monoisotopic (exact) mass is 332 g/mol. The molecule has 0 aliphatic carbocycles. The standard InChI is InChI=1S/C16H14BrFN2/c1-11(14-4-2-3-5-15(14)17)20-10-12-6-7-16(18)13(8-12)9-19/h2-8,11,20H,10H2,1H3/t11-/m0/s1. The Labute approximate surface area is 126 Å². The molecule has 0 saturated carbocycles. The number of halogens is 2. The van der Waals surface area contributed by atoms with Crippen LogP contribution in [0.4, 0.5) is 4.39 Å². The molecule has 2 nitrogen and oxygen atoms in total. The minimum Gasteiger partial charge on any atom is -0.306 e. The van der Waals surface area contributed by atoms with Crippen LogP contribution >= 0.6 is 15.9 Å². The molecule has 2 aromatic rings. The van der Waals surface area contributed by atoms with Crippen molar-refractivity contribution in [2.45, 2.75) is 19.5 Å². The molecule has 0 aromatic heterocycles. The first kappa shape index (κ1) is 14.7. The van der Waals surface area contributed by atoms with Crippen LogP contribution in [0.5, 0.6) is 0 Å². The van der Waals surface area contributed by atoms with E-state index in [1.54, 1.807) is 12.1 Å². The lowest BCUT2D eigenvalue weighted by atomic mass is 10.1. The quantitative estimate of drug-likeness (QED) is 0.905. The van der Waals surface area contributed by atoms with Crippen molar-refractivity contribution in [2.24, 2.45) is 0 Å². The summed E-state index contributed by atoms with van der Waals surface area (Å²) in [7, 11) is 0. The van der Waals surface area contributed by atoms with E-state index in [1.165, 1.54) is 6.07 Å². The van der Waals surface area contributed by atoms with Crippen LogP contribution in [0.1, 0.15) is 29.7 Å². The summed E-state index contributed by atoms with van der Waals surface area (Å²) in [5.74, 6) is -0.477. The van der Waals surface area contributed by atoms with E-state index in [0.717, 1.165) is 15.6 Å². The average Bonchev–Trinajstić information content (AvgIpc) is 2.46. The number of benzene rings is 2. The summed E-state index contributed by atoms with van der Waals surface area (Å²) in [4.78, 5) is 0. The summed E-state index contributed by atoms with van der Waals surface area (Å²) in [6.45, 7) is 2.65. The van der Waals surface area contributed by atoms with Crippen molar-refractivity contribution in [3.8, 4) is 6.07 Å². The van der Waals surface area contributed by atoms with Gasteiger partial charge >= 0.3 is 0 Å². The van der Waals surface area contributed by atoms with Gasteiger partial charge in [-0.1, -0.05) is 40.2 Å². The highest BCUT2D eigenvalue weighted by atomic mass is 79.9. The van der Waals surface area contributed by atoms with E-state index in [4.69, 9.17) is 5.26 Å². The molecule has 2 aromatic carbocycles. The zero-order valence-electron chi connectivity index (χ0n) is 11.0. The summed E-state index contributed by atoms with van der Waals surface area (Å²) in [5.41, 5.74) is 2.13. The van der Waals surface area contributed by atoms with E-state index in [-0.39, 0.29) is 11.6 Å². The molecule has 102 valence electrons. The second-order valence-corrected chi connectivity index (χ2v) is 5.40. The highest BCUT2D eigenvalue weighted by Gasteiger charge is 2.09. The number of hydrogen-bond acceptors (Lipinski definition) is 2. The van der Waals surface area contributed by atoms with Gasteiger partial charge in [-0.05, 0) is 36.2 Å². The number of nitrogens with zero attached hydrogens (tertiary/aromatic N) is 1. The molecular weight excluding hydrogens is 319 g/mol. The van der Waals surface area contributed by atoms with Crippen molar-refractivity contribution in [3.05, 3.63) is 69.4 Å². The van der Waals surface area contributed by atoms with E-state index < -0.39 is 5.82 Å². The fraction of sp³-hybridized carbons (Fsp3) is 0.188. The molecule has 4 heteroatoms. The zero-order valence-corrected chi connectivity index (χ0v) is 12.6. The maximum atomic E-state index is 13.2. The SMILES string of the molecule is C[C@H](NCc1ccc(F)c(C#N)c1)c1ccccc1Br. The smallest absolute Gasteiger partial charge is 0.140 e. The average molecular weight is 333 g/mol. The van der Waals surface area contributed by atoms with E-state index in [9.17, 15) is 4.39 Å². The van der Waals surface area contributed by atoms with Gasteiger partial charge in [0.15, 0.2) is 0 Å². The van der Waals surface area contributed by atoms with Gasteiger partial charge in [0.25, 0.3) is 0 Å². The van der Waals surface area contributed by atoms with E-state index in [2.05, 4.69) is 28.2 Å². The Balaban J connectivity index is 2.06. The lowest BCUT2D eigenvalue weighted by molar-refractivity contribution is 0.570. The van der Waals surface area contributed by atoms with Crippen molar-refractivity contribution in [1.82, 2.24) is 5.32 Å². The maximum Gasteiger partial charge on any atom is 0.140 e. The molecular formula is C16H14BrFN2. The highest BCUT2D eigenvalue weighted by molar-refractivity contribution is 9.10. The van der Waals surface area contributed by atoms with Crippen molar-refractivity contribution >= 4 is 15.9 Å². The van der Waals surface area contributed by atoms with Gasteiger partial charge in [0.1, 0.15) is 11.9 Å². The maximum absolute atomic E-state index is 13.2. The van der Waals surface area contributed by atoms with Gasteiger partial charge in [0.2, 0.25) is 0 Å². The molecule has 0 saturated heterocycles. The fourth-order valence-electron chi connectivity index (χ4n) is 1.98. The third-order valence-corrected chi connectivity index (χ3v) is 3.86. The van der Waals surface area contributed by atoms with Crippen LogP contribution in [0.3, 0.4) is 0 Å². The normalized spacial score (nSPS) is 11.9. The van der Waals surface area contributed by atoms with Crippen LogP contribution in [-0.2, 0) is 6.54 Å². The highest BCUT2D eigenvalue weighted by Crippen LogP contribution is 2.23. The van der Waals surface area contributed by atoms with Crippen LogP contribution in [0.2, 0.25) is 0 Å². The Hall–Kier alpha value is -1.70. The van der Waals surface area contributed by atoms with E-state index >= 15 is 0 Å². The van der Waals surface area contributed by atoms with Crippen LogP contribution in [-0.4, -0.2) is 0 Å². The number of hydrogen-bond donors (Lipinski definition) is 1. The Morgan fingerprint density at radius 2 is 2.05 bits per heavy atom. The van der Waals surface area contributed by atoms with Crippen molar-refractivity contribution < 1.29 is 4.39 Å². The Morgan fingerprint density at radius 1 is 1.30 bits per heavy atom. The molecule has 0 spiro atoms. The molecule has 1 N–H and O–H groups in total. The molecule has 0 amide bonds. The fourth-order valence-corrected chi connectivity index (χ4v) is 2.60. The number of nitriles is 1. The summed E-state index contributed by atoms with van der Waals surface area (Å²) >= 11 is 3.52. The summed E-state index contributed by atoms with van der Waals surface area (Å²) in [6.07, 6.45) is 0. The van der Waals surface area contributed by atoms with Crippen LogP contribution < -0.4 is 5.32 Å². The van der Waals surface area contributed by atoms with Gasteiger partial charge < -0.3 is 5.32 Å². The van der Waals surface area contributed by atoms with Crippen LogP contribution in [0.25, 0.3) is 0 Å². The molecule has 1 atom stereocenters. The lowest BCUT2D eigenvalue weighted by Crippen LogP contribution is -2.18. The van der Waals surface area contributed by atoms with Crippen molar-refractivity contribution in [2.75, 3.05) is 0 Å². The summed E-state index contributed by atoms with van der Waals surface area (Å²) in [5, 5.41) is 12.2. The van der Waals surface area contributed by atoms with Gasteiger partial charge in [-0.2, -0.15) is 5.26 Å². The Morgan fingerprint density at radius 3 is 2.75 bits per heavy atom. The summed E-state index contributed by atoms with van der Waals surface area (Å²) < 4.78 is 14.3. The van der Waals surface area contributed by atoms with Gasteiger partial charge in [-0.25, -0.2) is 4.39 Å². The molecule has 0 unspecified atom stereocenters. The molecule has 0 radical (unpaired) electrons. The predicted octanol–water partition coefficient (Wildman–Crippen LogP) is 4.31. The molecule has 0 heterocycles. The molecule has 0 fully saturated rings. The Bertz CT molecular complexity index is 649. The van der Waals surface area contributed by atoms with Crippen LogP contribution in [0, 0.1) is 17.1 Å². The lowest BCUT2D eigenvalue weighted by Gasteiger charge is -2.16. The minimum absolute atomic E-state index is 0.0813. The Kier molecular flexibility index (Phi) is 4.89. The molecule has 2 rings (SSSR count). The number of rotatable bonds is 4. The first-order valence-electron chi connectivity index (χ1n) is 6.28. The minimum atomic E-state index is -0.477. The second-order valence-electron chi connectivity index (χ2n) is 4.55. The third-order valence-electron chi connectivity index (χ3n) is 3.14. The van der Waals surface area contributed by atoms with Crippen molar-refractivity contribution in [1.29, 1.82) is 5.26 Å². The van der Waals surface area contributed by atoms with Gasteiger partial charge in [0, 0.05) is 17.1 Å².